The van der Waals surface area contributed by atoms with Crippen LogP contribution in [0.1, 0.15) is 47.2 Å². The number of aryl methyl sites for hydroxylation is 2. The molecule has 1 saturated carbocycles. The number of thiocarbonyl (C=S) groups is 1. The smallest absolute Gasteiger partial charge is 0.272 e. The number of nitrogens with zero attached hydrogens (tertiary/aromatic N) is 4. The van der Waals surface area contributed by atoms with Crippen molar-refractivity contribution < 1.29 is 14.0 Å². The second kappa shape index (κ2) is 10.3. The maximum absolute atomic E-state index is 15.2. The second-order valence-electron chi connectivity index (χ2n) is 9.60. The molecular formula is C29H26FN5O2S. The van der Waals surface area contributed by atoms with Crippen molar-refractivity contribution in [2.75, 3.05) is 16.3 Å². The molecule has 38 heavy (non-hydrogen) atoms. The average Bonchev–Trinajstić information content (AvgIpc) is 3.13. The van der Waals surface area contributed by atoms with Crippen LogP contribution < -0.4 is 15.1 Å². The van der Waals surface area contributed by atoms with E-state index in [2.05, 4.69) is 15.1 Å². The minimum atomic E-state index is -0.892. The summed E-state index contributed by atoms with van der Waals surface area (Å²) in [4.78, 5) is 37.0. The lowest BCUT2D eigenvalue weighted by Gasteiger charge is -2.43. The molecule has 1 spiro atoms. The number of hydrogen-bond donors (Lipinski definition) is 1. The second-order valence-corrected chi connectivity index (χ2v) is 9.96. The van der Waals surface area contributed by atoms with Crippen molar-refractivity contribution in [3.63, 3.8) is 0 Å². The first kappa shape index (κ1) is 25.5. The van der Waals surface area contributed by atoms with E-state index in [0.717, 1.165) is 19.3 Å². The van der Waals surface area contributed by atoms with E-state index in [1.54, 1.807) is 24.0 Å². The molecule has 1 N–H and O–H groups in total. The number of hydrogen-bond acceptors (Lipinski definition) is 4. The number of aromatic nitrogens is 1. The zero-order chi connectivity index (χ0) is 26.9. The van der Waals surface area contributed by atoms with Gasteiger partial charge in [0.2, 0.25) is 0 Å². The SMILES string of the molecule is [C-]#[N+]c1ncc(N2C(=O)C3(CCC3)N(c3ccc(C(=O)NCCCc4ccccc4)c(F)c3)C2=S)cc1C. The first-order valence-electron chi connectivity index (χ1n) is 12.5. The van der Waals surface area contributed by atoms with Crippen molar-refractivity contribution >= 4 is 46.3 Å². The van der Waals surface area contributed by atoms with Crippen molar-refractivity contribution in [3.8, 4) is 0 Å². The number of benzene rings is 2. The van der Waals surface area contributed by atoms with E-state index in [-0.39, 0.29) is 22.4 Å². The molecule has 1 saturated heterocycles. The molecule has 1 aromatic heterocycles. The molecule has 2 aliphatic rings. The number of halogens is 1. The molecule has 2 aromatic carbocycles. The van der Waals surface area contributed by atoms with Crippen LogP contribution in [0.2, 0.25) is 0 Å². The highest BCUT2D eigenvalue weighted by molar-refractivity contribution is 7.81. The van der Waals surface area contributed by atoms with Crippen molar-refractivity contribution in [3.05, 3.63) is 94.7 Å². The Morgan fingerprint density at radius 3 is 2.58 bits per heavy atom. The van der Waals surface area contributed by atoms with E-state index < -0.39 is 17.3 Å². The van der Waals surface area contributed by atoms with Crippen LogP contribution in [-0.2, 0) is 11.2 Å². The van der Waals surface area contributed by atoms with Gasteiger partial charge in [-0.2, -0.15) is 0 Å². The molecule has 2 amide bonds. The summed E-state index contributed by atoms with van der Waals surface area (Å²) in [6, 6.07) is 16.0. The summed E-state index contributed by atoms with van der Waals surface area (Å²) in [7, 11) is 0. The first-order chi connectivity index (χ1) is 18.4. The molecular weight excluding hydrogens is 501 g/mol. The average molecular weight is 528 g/mol. The Balaban J connectivity index is 1.34. The van der Waals surface area contributed by atoms with Gasteiger partial charge in [-0.05, 0) is 86.6 Å². The summed E-state index contributed by atoms with van der Waals surface area (Å²) in [6.45, 7) is 9.41. The van der Waals surface area contributed by atoms with Crippen molar-refractivity contribution in [1.29, 1.82) is 0 Å². The summed E-state index contributed by atoms with van der Waals surface area (Å²) in [5, 5.41) is 3.01. The highest BCUT2D eigenvalue weighted by Gasteiger charge is 2.59. The number of pyridine rings is 1. The van der Waals surface area contributed by atoms with Crippen molar-refractivity contribution in [2.24, 2.45) is 0 Å². The van der Waals surface area contributed by atoms with Crippen LogP contribution in [-0.4, -0.2) is 34.0 Å². The van der Waals surface area contributed by atoms with Crippen LogP contribution >= 0.6 is 12.2 Å². The zero-order valence-corrected chi connectivity index (χ0v) is 21.7. The molecule has 1 aliphatic carbocycles. The minimum Gasteiger partial charge on any atom is -0.360 e. The topological polar surface area (TPSA) is 69.9 Å². The monoisotopic (exact) mass is 527 g/mol. The summed E-state index contributed by atoms with van der Waals surface area (Å²) in [5.41, 5.74) is 1.77. The molecule has 192 valence electrons. The van der Waals surface area contributed by atoms with E-state index in [1.165, 1.54) is 28.8 Å². The zero-order valence-electron chi connectivity index (χ0n) is 20.9. The summed E-state index contributed by atoms with van der Waals surface area (Å²) < 4.78 is 15.2. The highest BCUT2D eigenvalue weighted by Crippen LogP contribution is 2.48. The number of amides is 2. The Bertz CT molecular complexity index is 1470. The van der Waals surface area contributed by atoms with Gasteiger partial charge in [0.15, 0.2) is 5.11 Å². The third kappa shape index (κ3) is 4.41. The molecule has 0 radical (unpaired) electrons. The van der Waals surface area contributed by atoms with Crippen LogP contribution in [0, 0.1) is 19.3 Å². The van der Waals surface area contributed by atoms with Gasteiger partial charge in [-0.1, -0.05) is 36.9 Å². The van der Waals surface area contributed by atoms with Gasteiger partial charge in [0.05, 0.1) is 11.3 Å². The van der Waals surface area contributed by atoms with E-state index in [9.17, 15) is 9.59 Å². The maximum atomic E-state index is 15.2. The summed E-state index contributed by atoms with van der Waals surface area (Å²) in [6.07, 6.45) is 5.03. The summed E-state index contributed by atoms with van der Waals surface area (Å²) in [5.74, 6) is -1.09. The minimum absolute atomic E-state index is 0.0565. The number of anilines is 2. The molecule has 3 aromatic rings. The Labute approximate surface area is 226 Å². The maximum Gasteiger partial charge on any atom is 0.272 e. The summed E-state index contributed by atoms with van der Waals surface area (Å²) >= 11 is 5.74. The van der Waals surface area contributed by atoms with E-state index in [1.807, 2.05) is 30.3 Å². The lowest BCUT2D eigenvalue weighted by Crippen LogP contribution is -2.55. The fourth-order valence-electron chi connectivity index (χ4n) is 5.06. The third-order valence-corrected chi connectivity index (χ3v) is 7.58. The predicted molar refractivity (Wildman–Crippen MR) is 148 cm³/mol. The van der Waals surface area contributed by atoms with Gasteiger partial charge in [0.25, 0.3) is 17.6 Å². The first-order valence-corrected chi connectivity index (χ1v) is 12.9. The lowest BCUT2D eigenvalue weighted by atomic mass is 9.75. The molecule has 2 fully saturated rings. The van der Waals surface area contributed by atoms with Crippen LogP contribution in [0.15, 0.2) is 60.8 Å². The molecule has 1 aliphatic heterocycles. The van der Waals surface area contributed by atoms with Gasteiger partial charge in [0.1, 0.15) is 17.6 Å². The van der Waals surface area contributed by atoms with Crippen molar-refractivity contribution in [1.82, 2.24) is 10.3 Å². The van der Waals surface area contributed by atoms with Gasteiger partial charge >= 0.3 is 0 Å². The van der Waals surface area contributed by atoms with Gasteiger partial charge in [0, 0.05) is 12.2 Å². The number of nitrogens with one attached hydrogen (secondary N) is 1. The van der Waals surface area contributed by atoms with Crippen molar-refractivity contribution in [2.45, 2.75) is 44.6 Å². The van der Waals surface area contributed by atoms with Gasteiger partial charge in [-0.3, -0.25) is 14.5 Å². The normalized spacial score (nSPS) is 15.9. The molecule has 0 atom stereocenters. The molecule has 5 rings (SSSR count). The largest absolute Gasteiger partial charge is 0.360 e. The third-order valence-electron chi connectivity index (χ3n) is 7.22. The van der Waals surface area contributed by atoms with E-state index >= 15 is 4.39 Å². The van der Waals surface area contributed by atoms with Crippen LogP contribution in [0.4, 0.5) is 21.6 Å². The van der Waals surface area contributed by atoms with Gasteiger partial charge in [-0.25, -0.2) is 4.39 Å². The molecule has 0 bridgehead atoms. The van der Waals surface area contributed by atoms with E-state index in [4.69, 9.17) is 18.8 Å². The quantitative estimate of drug-likeness (QED) is 0.250. The Kier molecular flexibility index (Phi) is 6.91. The van der Waals surface area contributed by atoms with Gasteiger partial charge < -0.3 is 15.1 Å². The number of carbonyl (C=O) groups excluding carboxylic acids is 2. The molecule has 7 nitrogen and oxygen atoms in total. The van der Waals surface area contributed by atoms with Crippen LogP contribution in [0.5, 0.6) is 0 Å². The standard InChI is InChI=1S/C29H26FN5O2S/c1-19-16-22(18-33-25(19)31-2)34-27(37)29(13-7-14-29)35(28(34)38)21-11-12-23(24(30)17-21)26(36)32-15-6-10-20-8-4-3-5-9-20/h3-5,8-9,11-12,16-18H,6-7,10,13-15H2,1H3,(H,32,36). The number of carbonyl (C=O) groups is 2. The highest BCUT2D eigenvalue weighted by atomic mass is 32.1. The Morgan fingerprint density at radius 1 is 1.18 bits per heavy atom. The van der Waals surface area contributed by atoms with Crippen LogP contribution in [0.25, 0.3) is 4.85 Å². The number of rotatable bonds is 7. The van der Waals surface area contributed by atoms with Crippen LogP contribution in [0.3, 0.4) is 0 Å². The molecule has 9 heteroatoms. The fraction of sp³-hybridized carbons (Fsp3) is 0.276. The van der Waals surface area contributed by atoms with E-state index in [0.29, 0.717) is 36.3 Å². The molecule has 0 unspecified atom stereocenters. The fourth-order valence-corrected chi connectivity index (χ4v) is 5.53. The Morgan fingerprint density at radius 2 is 1.95 bits per heavy atom. The van der Waals surface area contributed by atoms with Gasteiger partial charge in [-0.15, -0.1) is 4.98 Å². The lowest BCUT2D eigenvalue weighted by molar-refractivity contribution is -0.123. The Hall–Kier alpha value is -4.16. The molecule has 2 heterocycles. The predicted octanol–water partition coefficient (Wildman–Crippen LogP) is 5.50.